The number of aromatic nitrogens is 2. The maximum Gasteiger partial charge on any atom is 0.255 e. The number of carbonyl (C=O) groups excluding carboxylic acids is 3. The lowest BCUT2D eigenvalue weighted by molar-refractivity contribution is -0.148. The summed E-state index contributed by atoms with van der Waals surface area (Å²) in [6.45, 7) is 0. The third-order valence-electron chi connectivity index (χ3n) is 7.45. The van der Waals surface area contributed by atoms with Crippen LogP contribution in [0, 0.1) is 11.8 Å². The van der Waals surface area contributed by atoms with Crippen molar-refractivity contribution in [2.24, 2.45) is 17.6 Å². The third-order valence-corrected chi connectivity index (χ3v) is 7.45. The van der Waals surface area contributed by atoms with Gasteiger partial charge >= 0.3 is 0 Å². The number of aliphatic hydroxyl groups is 3. The number of allylic oxidation sites excluding steroid dienone is 1. The molecule has 3 aliphatic carbocycles. The van der Waals surface area contributed by atoms with Gasteiger partial charge in [-0.25, -0.2) is 0 Å². The van der Waals surface area contributed by atoms with Gasteiger partial charge in [-0.1, -0.05) is 0 Å². The molecule has 0 bridgehead atoms. The van der Waals surface area contributed by atoms with Crippen molar-refractivity contribution >= 4 is 17.5 Å². The molecule has 1 aromatic carbocycles. The predicted octanol–water partition coefficient (Wildman–Crippen LogP) is 0.578. The number of fused-ring (bicyclic) bond motifs is 3. The second-order valence-corrected chi connectivity index (χ2v) is 9.54. The molecule has 11 heteroatoms. The van der Waals surface area contributed by atoms with E-state index < -0.39 is 58.0 Å². The Kier molecular flexibility index (Phi) is 5.23. The second-order valence-electron chi connectivity index (χ2n) is 9.54. The molecule has 11 nitrogen and oxygen atoms in total. The average Bonchev–Trinajstić information content (AvgIpc) is 2.81. The second kappa shape index (κ2) is 7.97. The summed E-state index contributed by atoms with van der Waals surface area (Å²) in [6.07, 6.45) is 4.72. The summed E-state index contributed by atoms with van der Waals surface area (Å²) in [5.74, 6) is -6.85. The first kappa shape index (κ1) is 23.6. The van der Waals surface area contributed by atoms with Crippen LogP contribution in [0.4, 0.5) is 0 Å². The van der Waals surface area contributed by atoms with E-state index in [4.69, 9.17) is 5.73 Å². The van der Waals surface area contributed by atoms with E-state index in [2.05, 4.69) is 9.97 Å². The molecule has 186 valence electrons. The Morgan fingerprint density at radius 1 is 1.17 bits per heavy atom. The van der Waals surface area contributed by atoms with Crippen LogP contribution in [0.15, 0.2) is 53.4 Å². The van der Waals surface area contributed by atoms with E-state index in [0.29, 0.717) is 16.8 Å². The van der Waals surface area contributed by atoms with E-state index in [9.17, 15) is 34.8 Å². The minimum atomic E-state index is -2.66. The zero-order valence-corrected chi connectivity index (χ0v) is 19.5. The number of nitrogens with zero attached hydrogens (tertiary/aromatic N) is 3. The molecular formula is C25H24N4O7. The van der Waals surface area contributed by atoms with Crippen LogP contribution in [0.1, 0.15) is 22.3 Å². The minimum Gasteiger partial charge on any atom is -0.510 e. The lowest BCUT2D eigenvalue weighted by Gasteiger charge is -2.50. The number of benzene rings is 1. The highest BCUT2D eigenvalue weighted by molar-refractivity contribution is 6.24. The summed E-state index contributed by atoms with van der Waals surface area (Å²) in [5, 5.41) is 44.3. The normalized spacial score (nSPS) is 27.6. The van der Waals surface area contributed by atoms with Gasteiger partial charge in [0.05, 0.1) is 23.5 Å². The van der Waals surface area contributed by atoms with E-state index in [1.54, 1.807) is 20.2 Å². The van der Waals surface area contributed by atoms with Crippen LogP contribution < -0.4 is 5.73 Å². The number of phenols is 1. The highest BCUT2D eigenvalue weighted by Crippen LogP contribution is 2.52. The first-order valence-electron chi connectivity index (χ1n) is 11.3. The Labute approximate surface area is 205 Å². The molecule has 0 saturated heterocycles. The van der Waals surface area contributed by atoms with Crippen molar-refractivity contribution in [2.75, 3.05) is 14.1 Å². The molecule has 5 rings (SSSR count). The summed E-state index contributed by atoms with van der Waals surface area (Å²) in [7, 11) is 3.16. The van der Waals surface area contributed by atoms with Gasteiger partial charge in [-0.3, -0.25) is 29.3 Å². The quantitative estimate of drug-likeness (QED) is 0.379. The van der Waals surface area contributed by atoms with Crippen molar-refractivity contribution in [3.8, 4) is 17.0 Å². The van der Waals surface area contributed by atoms with E-state index in [1.165, 1.54) is 29.6 Å². The molecule has 2 aromatic rings. The van der Waals surface area contributed by atoms with Gasteiger partial charge in [-0.05, 0) is 50.6 Å². The molecule has 6 N–H and O–H groups in total. The van der Waals surface area contributed by atoms with Crippen LogP contribution in [-0.4, -0.2) is 78.5 Å². The van der Waals surface area contributed by atoms with Crippen LogP contribution in [0.25, 0.3) is 11.3 Å². The number of likely N-dealkylation sites (N-methyl/N-ethyl adjacent to an activating group) is 1. The van der Waals surface area contributed by atoms with Crippen LogP contribution in [0.2, 0.25) is 0 Å². The Morgan fingerprint density at radius 2 is 1.89 bits per heavy atom. The molecule has 0 spiro atoms. The maximum absolute atomic E-state index is 13.7. The number of aliphatic hydroxyl groups excluding tert-OH is 2. The molecule has 1 unspecified atom stereocenters. The van der Waals surface area contributed by atoms with Crippen LogP contribution >= 0.6 is 0 Å². The highest BCUT2D eigenvalue weighted by Gasteiger charge is 2.63. The number of phenolic OH excluding ortho intramolecular Hbond substituents is 1. The zero-order valence-electron chi connectivity index (χ0n) is 19.5. The monoisotopic (exact) mass is 492 g/mol. The van der Waals surface area contributed by atoms with E-state index in [-0.39, 0.29) is 29.7 Å². The molecule has 0 fully saturated rings. The fourth-order valence-corrected chi connectivity index (χ4v) is 5.93. The van der Waals surface area contributed by atoms with Crippen LogP contribution in [-0.2, 0) is 16.0 Å². The largest absolute Gasteiger partial charge is 0.510 e. The molecule has 36 heavy (non-hydrogen) atoms. The molecule has 4 atom stereocenters. The van der Waals surface area contributed by atoms with Gasteiger partial charge in [0.25, 0.3) is 5.91 Å². The third kappa shape index (κ3) is 3.02. The Morgan fingerprint density at radius 3 is 2.50 bits per heavy atom. The number of primary amides is 1. The fraction of sp³-hybridized carbons (Fsp3) is 0.320. The smallest absolute Gasteiger partial charge is 0.255 e. The Balaban J connectivity index is 1.73. The lowest BCUT2D eigenvalue weighted by atomic mass is 9.58. The number of hydrogen-bond donors (Lipinski definition) is 5. The minimum absolute atomic E-state index is 0.0152. The number of carbonyl (C=O) groups is 3. The molecule has 3 aliphatic rings. The average molecular weight is 492 g/mol. The number of aromatic hydroxyl groups is 1. The van der Waals surface area contributed by atoms with Gasteiger partial charge in [0.2, 0.25) is 5.78 Å². The number of hydrogen-bond acceptors (Lipinski definition) is 10. The first-order chi connectivity index (χ1) is 17.0. The Bertz CT molecular complexity index is 1400. The van der Waals surface area contributed by atoms with Crippen molar-refractivity contribution in [1.82, 2.24) is 14.9 Å². The van der Waals surface area contributed by atoms with Crippen molar-refractivity contribution in [1.29, 1.82) is 0 Å². The zero-order chi connectivity index (χ0) is 26.1. The number of rotatable bonds is 3. The van der Waals surface area contributed by atoms with E-state index in [1.807, 2.05) is 0 Å². The van der Waals surface area contributed by atoms with Gasteiger partial charge in [-0.15, -0.1) is 0 Å². The van der Waals surface area contributed by atoms with Crippen molar-refractivity contribution < 1.29 is 34.8 Å². The topological polar surface area (TPSA) is 187 Å². The molecule has 1 amide bonds. The lowest BCUT2D eigenvalue weighted by Crippen LogP contribution is -2.63. The number of ketones is 2. The van der Waals surface area contributed by atoms with Crippen molar-refractivity contribution in [3.63, 3.8) is 0 Å². The van der Waals surface area contributed by atoms with Crippen LogP contribution in [0.3, 0.4) is 0 Å². The van der Waals surface area contributed by atoms with E-state index >= 15 is 0 Å². The van der Waals surface area contributed by atoms with Gasteiger partial charge in [0, 0.05) is 29.4 Å². The van der Waals surface area contributed by atoms with Gasteiger partial charge in [0.15, 0.2) is 11.4 Å². The molecule has 0 saturated carbocycles. The standard InChI is InChI=1S/C25H24N4O7/c1-29(2)19-13-8-10-7-12-11(14-9-27-5-6-28-14)3-4-15(30)17(12)20(31)16(10)22(33)25(13,36)23(34)18(21(19)32)24(26)35/h3-6,9-10,13,19,30,32-33,36H,7-8H2,1-2H3,(H2,26,35)/t10-,13+,19?,25-/m0/s1. The number of Topliss-reactive ketones (excluding diaryl/α,β-unsaturated/α-hetero) is 2. The van der Waals surface area contributed by atoms with Crippen molar-refractivity contribution in [3.05, 3.63) is 64.5 Å². The molecule has 1 aromatic heterocycles. The van der Waals surface area contributed by atoms with Gasteiger partial charge in [-0.2, -0.15) is 0 Å². The molecular weight excluding hydrogens is 468 g/mol. The number of nitrogens with two attached hydrogens (primary N) is 1. The summed E-state index contributed by atoms with van der Waals surface area (Å²) < 4.78 is 0. The summed E-state index contributed by atoms with van der Waals surface area (Å²) in [5.41, 5.74) is 3.11. The molecule has 0 radical (unpaired) electrons. The van der Waals surface area contributed by atoms with Gasteiger partial charge < -0.3 is 26.2 Å². The first-order valence-corrected chi connectivity index (χ1v) is 11.3. The number of amides is 1. The Hall–Kier alpha value is -4.09. The molecule has 0 aliphatic heterocycles. The molecule has 1 heterocycles. The van der Waals surface area contributed by atoms with Gasteiger partial charge in [0.1, 0.15) is 22.8 Å². The highest BCUT2D eigenvalue weighted by atomic mass is 16.3. The predicted molar refractivity (Wildman–Crippen MR) is 125 cm³/mol. The SMILES string of the molecule is CN(C)C1C(O)=C(C(N)=O)C(=O)[C@@]2(O)C(O)=C3C(=O)c4c(O)ccc(-c5cnccn5)c4C[C@H]3C[C@H]12. The summed E-state index contributed by atoms with van der Waals surface area (Å²) in [4.78, 5) is 48.9. The van der Waals surface area contributed by atoms with Crippen LogP contribution in [0.5, 0.6) is 5.75 Å². The maximum atomic E-state index is 13.7. The van der Waals surface area contributed by atoms with E-state index in [0.717, 1.165) is 0 Å². The van der Waals surface area contributed by atoms with Crippen molar-refractivity contribution in [2.45, 2.75) is 24.5 Å². The fourth-order valence-electron chi connectivity index (χ4n) is 5.93. The summed E-state index contributed by atoms with van der Waals surface area (Å²) in [6, 6.07) is 1.91. The summed E-state index contributed by atoms with van der Waals surface area (Å²) >= 11 is 0.